The Morgan fingerprint density at radius 2 is 2.33 bits per heavy atom. The number of hydrogen-bond donors (Lipinski definition) is 1. The molecule has 2 N–H and O–H groups in total. The predicted molar refractivity (Wildman–Crippen MR) is 52.4 cm³/mol. The minimum Gasteiger partial charge on any atom is -0.488 e. The number of nitrogens with two attached hydrogens (primary N) is 1. The Kier molecular flexibility index (Phi) is 2.51. The second-order valence-corrected chi connectivity index (χ2v) is 3.41. The molecule has 15 heavy (non-hydrogen) atoms. The highest BCUT2D eigenvalue weighted by molar-refractivity contribution is 5.46. The lowest BCUT2D eigenvalue weighted by Gasteiger charge is -2.08. The molecule has 0 atom stereocenters. The minimum atomic E-state index is -0.491. The van der Waals surface area contributed by atoms with Crippen LogP contribution >= 0.6 is 0 Å². The van der Waals surface area contributed by atoms with Crippen LogP contribution in [-0.2, 0) is 6.54 Å². The molecule has 1 fully saturated rings. The fraction of sp³-hybridized carbons (Fsp3) is 0.444. The highest BCUT2D eigenvalue weighted by atomic mass is 16.6. The minimum absolute atomic E-state index is 0.0735. The van der Waals surface area contributed by atoms with Crippen LogP contribution in [0.2, 0.25) is 0 Å². The van der Waals surface area contributed by atoms with Gasteiger partial charge in [0.2, 0.25) is 0 Å². The van der Waals surface area contributed by atoms with Crippen molar-refractivity contribution >= 4 is 5.69 Å². The standard InChI is InChI=1S/C9H11N3O3/c10-3-7-8(12(13)14)4-11-5-9(7)15-6-1-2-6/h4-6H,1-3,10H2. The zero-order valence-electron chi connectivity index (χ0n) is 8.05. The summed E-state index contributed by atoms with van der Waals surface area (Å²) in [6, 6.07) is 0. The van der Waals surface area contributed by atoms with Crippen LogP contribution in [0.3, 0.4) is 0 Å². The smallest absolute Gasteiger partial charge is 0.295 e. The lowest BCUT2D eigenvalue weighted by atomic mass is 10.2. The molecule has 1 aromatic rings. The van der Waals surface area contributed by atoms with Crippen LogP contribution in [0.1, 0.15) is 18.4 Å². The van der Waals surface area contributed by atoms with Crippen molar-refractivity contribution in [2.45, 2.75) is 25.5 Å². The van der Waals surface area contributed by atoms with Crippen molar-refractivity contribution in [1.82, 2.24) is 4.98 Å². The first-order valence-corrected chi connectivity index (χ1v) is 4.70. The largest absolute Gasteiger partial charge is 0.488 e. The van der Waals surface area contributed by atoms with Crippen LogP contribution in [0.25, 0.3) is 0 Å². The van der Waals surface area contributed by atoms with E-state index in [-0.39, 0.29) is 18.3 Å². The summed E-state index contributed by atoms with van der Waals surface area (Å²) in [6.45, 7) is 0.0842. The second kappa shape index (κ2) is 3.82. The highest BCUT2D eigenvalue weighted by Gasteiger charge is 2.26. The van der Waals surface area contributed by atoms with Crippen molar-refractivity contribution in [3.63, 3.8) is 0 Å². The van der Waals surface area contributed by atoms with Gasteiger partial charge in [-0.25, -0.2) is 0 Å². The van der Waals surface area contributed by atoms with E-state index < -0.39 is 4.92 Å². The molecule has 1 saturated carbocycles. The van der Waals surface area contributed by atoms with E-state index in [0.717, 1.165) is 12.8 Å². The number of nitrogens with zero attached hydrogens (tertiary/aromatic N) is 2. The summed E-state index contributed by atoms with van der Waals surface area (Å²) in [4.78, 5) is 14.0. The number of pyridine rings is 1. The maximum absolute atomic E-state index is 10.7. The van der Waals surface area contributed by atoms with Crippen LogP contribution < -0.4 is 10.5 Å². The number of hydrogen-bond acceptors (Lipinski definition) is 5. The monoisotopic (exact) mass is 209 g/mol. The van der Waals surface area contributed by atoms with E-state index in [9.17, 15) is 10.1 Å². The average Bonchev–Trinajstić information content (AvgIpc) is 3.01. The lowest BCUT2D eigenvalue weighted by Crippen LogP contribution is -2.07. The summed E-state index contributed by atoms with van der Waals surface area (Å²) in [5.74, 6) is 0.439. The third kappa shape index (κ3) is 2.04. The van der Waals surface area contributed by atoms with Crippen molar-refractivity contribution in [2.24, 2.45) is 5.73 Å². The van der Waals surface area contributed by atoms with Gasteiger partial charge in [0, 0.05) is 6.54 Å². The van der Waals surface area contributed by atoms with Gasteiger partial charge in [-0.05, 0) is 12.8 Å². The molecule has 1 heterocycles. The Bertz CT molecular complexity index is 390. The lowest BCUT2D eigenvalue weighted by molar-refractivity contribution is -0.386. The van der Waals surface area contributed by atoms with Gasteiger partial charge < -0.3 is 10.5 Å². The Hall–Kier alpha value is -1.69. The fourth-order valence-corrected chi connectivity index (χ4v) is 1.29. The van der Waals surface area contributed by atoms with Crippen molar-refractivity contribution in [2.75, 3.05) is 0 Å². The molecule has 6 nitrogen and oxygen atoms in total. The zero-order chi connectivity index (χ0) is 10.8. The number of nitro groups is 1. The predicted octanol–water partition coefficient (Wildman–Crippen LogP) is 0.990. The first-order chi connectivity index (χ1) is 7.22. The summed E-state index contributed by atoms with van der Waals surface area (Å²) in [6.07, 6.45) is 4.84. The van der Waals surface area contributed by atoms with Gasteiger partial charge in [0.15, 0.2) is 0 Å². The summed E-state index contributed by atoms with van der Waals surface area (Å²) < 4.78 is 5.49. The molecule has 80 valence electrons. The molecular formula is C9H11N3O3. The summed E-state index contributed by atoms with van der Waals surface area (Å²) in [5.41, 5.74) is 5.82. The van der Waals surface area contributed by atoms with Crippen LogP contribution in [0.15, 0.2) is 12.4 Å². The zero-order valence-corrected chi connectivity index (χ0v) is 8.05. The van der Waals surface area contributed by atoms with Crippen molar-refractivity contribution in [3.05, 3.63) is 28.1 Å². The third-order valence-corrected chi connectivity index (χ3v) is 2.21. The normalized spacial score (nSPS) is 15.0. The molecule has 0 unspecified atom stereocenters. The maximum atomic E-state index is 10.7. The van der Waals surface area contributed by atoms with Crippen molar-refractivity contribution in [3.8, 4) is 5.75 Å². The van der Waals surface area contributed by atoms with Gasteiger partial charge in [0.1, 0.15) is 11.9 Å². The van der Waals surface area contributed by atoms with Crippen LogP contribution in [0, 0.1) is 10.1 Å². The third-order valence-electron chi connectivity index (χ3n) is 2.21. The highest BCUT2D eigenvalue weighted by Crippen LogP contribution is 2.32. The quantitative estimate of drug-likeness (QED) is 0.589. The molecule has 1 aliphatic carbocycles. The van der Waals surface area contributed by atoms with E-state index in [0.29, 0.717) is 11.3 Å². The molecule has 0 saturated heterocycles. The SMILES string of the molecule is NCc1c(OC2CC2)cncc1[N+](=O)[O-]. The Balaban J connectivity index is 2.34. The molecule has 1 aromatic heterocycles. The Labute approximate surface area is 86.2 Å². The Morgan fingerprint density at radius 1 is 1.60 bits per heavy atom. The van der Waals surface area contributed by atoms with Gasteiger partial charge >= 0.3 is 0 Å². The van der Waals surface area contributed by atoms with E-state index in [1.807, 2.05) is 0 Å². The molecule has 0 radical (unpaired) electrons. The van der Waals surface area contributed by atoms with Gasteiger partial charge in [-0.3, -0.25) is 15.1 Å². The first-order valence-electron chi connectivity index (χ1n) is 4.70. The van der Waals surface area contributed by atoms with Gasteiger partial charge in [-0.2, -0.15) is 0 Å². The van der Waals surface area contributed by atoms with Gasteiger partial charge in [-0.1, -0.05) is 0 Å². The molecule has 0 amide bonds. The molecule has 0 spiro atoms. The number of rotatable bonds is 4. The first kappa shape index (κ1) is 9.85. The molecule has 0 aliphatic heterocycles. The van der Waals surface area contributed by atoms with Gasteiger partial charge in [-0.15, -0.1) is 0 Å². The topological polar surface area (TPSA) is 91.3 Å². The van der Waals surface area contributed by atoms with Crippen LogP contribution in [0.4, 0.5) is 5.69 Å². The molecular weight excluding hydrogens is 198 g/mol. The summed E-state index contributed by atoms with van der Waals surface area (Å²) in [5, 5.41) is 10.7. The maximum Gasteiger partial charge on any atom is 0.295 e. The molecule has 6 heteroatoms. The fourth-order valence-electron chi connectivity index (χ4n) is 1.29. The molecule has 0 bridgehead atoms. The van der Waals surface area contributed by atoms with Crippen molar-refractivity contribution in [1.29, 1.82) is 0 Å². The number of aromatic nitrogens is 1. The van der Waals surface area contributed by atoms with Gasteiger partial charge in [0.05, 0.1) is 22.8 Å². The van der Waals surface area contributed by atoms with E-state index in [1.165, 1.54) is 12.4 Å². The van der Waals surface area contributed by atoms with E-state index in [1.54, 1.807) is 0 Å². The van der Waals surface area contributed by atoms with Crippen LogP contribution in [0.5, 0.6) is 5.75 Å². The Morgan fingerprint density at radius 3 is 2.87 bits per heavy atom. The number of ether oxygens (including phenoxy) is 1. The van der Waals surface area contributed by atoms with E-state index >= 15 is 0 Å². The van der Waals surface area contributed by atoms with Crippen molar-refractivity contribution < 1.29 is 9.66 Å². The molecule has 0 aromatic carbocycles. The summed E-state index contributed by atoms with van der Waals surface area (Å²) >= 11 is 0. The second-order valence-electron chi connectivity index (χ2n) is 3.41. The molecule has 2 rings (SSSR count). The average molecular weight is 209 g/mol. The van der Waals surface area contributed by atoms with Gasteiger partial charge in [0.25, 0.3) is 5.69 Å². The van der Waals surface area contributed by atoms with E-state index in [2.05, 4.69) is 4.98 Å². The summed E-state index contributed by atoms with van der Waals surface area (Å²) in [7, 11) is 0. The van der Waals surface area contributed by atoms with Crippen LogP contribution in [-0.4, -0.2) is 16.0 Å². The molecule has 1 aliphatic rings. The van der Waals surface area contributed by atoms with E-state index in [4.69, 9.17) is 10.5 Å².